The van der Waals surface area contributed by atoms with E-state index in [1.54, 1.807) is 12.1 Å². The molecule has 0 saturated carbocycles. The standard InChI is InChI=1S/C14H13N5/c1-8-2-4-11(17-7-8)14-18-10-5-3-9(13(15)16)6-12(10)19-14/h2-7H,1H3,(H3,15,16)(H,18,19). The monoisotopic (exact) mass is 251 g/mol. The fourth-order valence-electron chi connectivity index (χ4n) is 1.90. The maximum Gasteiger partial charge on any atom is 0.157 e. The minimum absolute atomic E-state index is 0.0416. The number of hydrogen-bond donors (Lipinski definition) is 3. The SMILES string of the molecule is Cc1ccc(-c2nc3cc(C(=N)N)ccc3[nH]2)nc1. The lowest BCUT2D eigenvalue weighted by Crippen LogP contribution is -2.10. The first-order valence-electron chi connectivity index (χ1n) is 5.91. The Hall–Kier alpha value is -2.69. The molecule has 0 spiro atoms. The van der Waals surface area contributed by atoms with Crippen molar-refractivity contribution in [3.8, 4) is 11.5 Å². The lowest BCUT2D eigenvalue weighted by atomic mass is 10.2. The highest BCUT2D eigenvalue weighted by Crippen LogP contribution is 2.19. The number of rotatable bonds is 2. The highest BCUT2D eigenvalue weighted by molar-refractivity contribution is 5.98. The van der Waals surface area contributed by atoms with Gasteiger partial charge < -0.3 is 10.7 Å². The van der Waals surface area contributed by atoms with Crippen LogP contribution in [0.25, 0.3) is 22.6 Å². The molecule has 0 amide bonds. The van der Waals surface area contributed by atoms with Crippen LogP contribution >= 0.6 is 0 Å². The summed E-state index contributed by atoms with van der Waals surface area (Å²) in [6.07, 6.45) is 1.81. The molecular weight excluding hydrogens is 238 g/mol. The first-order chi connectivity index (χ1) is 9.13. The molecule has 94 valence electrons. The third-order valence-electron chi connectivity index (χ3n) is 2.95. The van der Waals surface area contributed by atoms with Crippen molar-refractivity contribution >= 4 is 16.9 Å². The number of nitrogens with zero attached hydrogens (tertiary/aromatic N) is 2. The van der Waals surface area contributed by atoms with Gasteiger partial charge in [0, 0.05) is 11.8 Å². The molecule has 5 nitrogen and oxygen atoms in total. The molecule has 3 aromatic rings. The largest absolute Gasteiger partial charge is 0.384 e. The second-order valence-corrected chi connectivity index (χ2v) is 4.45. The summed E-state index contributed by atoms with van der Waals surface area (Å²) in [7, 11) is 0. The van der Waals surface area contributed by atoms with E-state index in [4.69, 9.17) is 11.1 Å². The summed E-state index contributed by atoms with van der Waals surface area (Å²) in [5.41, 5.74) is 9.74. The van der Waals surface area contributed by atoms with Crippen LogP contribution in [0, 0.1) is 12.3 Å². The van der Waals surface area contributed by atoms with E-state index in [-0.39, 0.29) is 5.84 Å². The number of imidazole rings is 1. The zero-order valence-electron chi connectivity index (χ0n) is 10.4. The van der Waals surface area contributed by atoms with Crippen LogP contribution in [0.15, 0.2) is 36.5 Å². The molecule has 0 saturated heterocycles. The van der Waals surface area contributed by atoms with Crippen LogP contribution in [-0.2, 0) is 0 Å². The van der Waals surface area contributed by atoms with Gasteiger partial charge in [-0.15, -0.1) is 0 Å². The molecule has 5 heteroatoms. The number of aromatic amines is 1. The van der Waals surface area contributed by atoms with Crippen molar-refractivity contribution in [2.24, 2.45) is 5.73 Å². The number of nitrogen functional groups attached to an aromatic ring is 1. The van der Waals surface area contributed by atoms with Gasteiger partial charge in [-0.25, -0.2) is 4.98 Å². The van der Waals surface area contributed by atoms with Crippen molar-refractivity contribution in [3.05, 3.63) is 47.7 Å². The smallest absolute Gasteiger partial charge is 0.157 e. The van der Waals surface area contributed by atoms with Crippen molar-refractivity contribution in [2.75, 3.05) is 0 Å². The number of nitrogens with two attached hydrogens (primary N) is 1. The second-order valence-electron chi connectivity index (χ2n) is 4.45. The molecule has 0 aliphatic heterocycles. The number of hydrogen-bond acceptors (Lipinski definition) is 3. The predicted molar refractivity (Wildman–Crippen MR) is 75.1 cm³/mol. The fraction of sp³-hybridized carbons (Fsp3) is 0.0714. The predicted octanol–water partition coefficient (Wildman–Crippen LogP) is 2.22. The Morgan fingerprint density at radius 3 is 2.79 bits per heavy atom. The van der Waals surface area contributed by atoms with Crippen LogP contribution in [0.2, 0.25) is 0 Å². The summed E-state index contributed by atoms with van der Waals surface area (Å²) < 4.78 is 0. The van der Waals surface area contributed by atoms with Gasteiger partial charge >= 0.3 is 0 Å². The van der Waals surface area contributed by atoms with Crippen molar-refractivity contribution < 1.29 is 0 Å². The van der Waals surface area contributed by atoms with E-state index < -0.39 is 0 Å². The van der Waals surface area contributed by atoms with Gasteiger partial charge in [-0.05, 0) is 36.8 Å². The van der Waals surface area contributed by atoms with E-state index in [0.717, 1.165) is 28.1 Å². The highest BCUT2D eigenvalue weighted by Gasteiger charge is 2.07. The summed E-state index contributed by atoms with van der Waals surface area (Å²) >= 11 is 0. The van der Waals surface area contributed by atoms with E-state index in [0.29, 0.717) is 5.56 Å². The van der Waals surface area contributed by atoms with Gasteiger partial charge in [-0.2, -0.15) is 0 Å². The summed E-state index contributed by atoms with van der Waals surface area (Å²) in [6, 6.07) is 9.40. The lowest BCUT2D eigenvalue weighted by molar-refractivity contribution is 1.21. The Bertz CT molecular complexity index is 755. The van der Waals surface area contributed by atoms with Gasteiger partial charge in [0.15, 0.2) is 5.82 Å². The molecule has 0 atom stereocenters. The first kappa shape index (κ1) is 11.4. The number of H-pyrrole nitrogens is 1. The Kier molecular flexibility index (Phi) is 2.52. The summed E-state index contributed by atoms with van der Waals surface area (Å²) in [5, 5.41) is 7.43. The summed E-state index contributed by atoms with van der Waals surface area (Å²) in [5.74, 6) is 0.760. The van der Waals surface area contributed by atoms with Crippen LogP contribution < -0.4 is 5.73 Å². The molecule has 0 unspecified atom stereocenters. The molecule has 0 bridgehead atoms. The van der Waals surface area contributed by atoms with Gasteiger partial charge in [0.1, 0.15) is 11.5 Å². The van der Waals surface area contributed by atoms with Gasteiger partial charge in [0.2, 0.25) is 0 Å². The third kappa shape index (κ3) is 2.06. The Labute approximate surface area is 110 Å². The van der Waals surface area contributed by atoms with E-state index >= 15 is 0 Å². The van der Waals surface area contributed by atoms with Gasteiger partial charge in [0.25, 0.3) is 0 Å². The minimum atomic E-state index is 0.0416. The van der Waals surface area contributed by atoms with Gasteiger partial charge in [-0.1, -0.05) is 6.07 Å². The number of amidine groups is 1. The Balaban J connectivity index is 2.11. The molecule has 2 heterocycles. The van der Waals surface area contributed by atoms with E-state index in [1.807, 2.05) is 31.3 Å². The van der Waals surface area contributed by atoms with Crippen LogP contribution in [-0.4, -0.2) is 20.8 Å². The minimum Gasteiger partial charge on any atom is -0.384 e. The van der Waals surface area contributed by atoms with E-state index in [9.17, 15) is 0 Å². The van der Waals surface area contributed by atoms with Crippen molar-refractivity contribution in [2.45, 2.75) is 6.92 Å². The molecule has 4 N–H and O–H groups in total. The zero-order chi connectivity index (χ0) is 13.4. The maximum atomic E-state index is 7.43. The highest BCUT2D eigenvalue weighted by atomic mass is 14.9. The molecule has 1 aromatic carbocycles. The van der Waals surface area contributed by atoms with Crippen LogP contribution in [0.5, 0.6) is 0 Å². The van der Waals surface area contributed by atoms with Crippen LogP contribution in [0.1, 0.15) is 11.1 Å². The second kappa shape index (κ2) is 4.20. The normalized spacial score (nSPS) is 10.8. The molecule has 2 aromatic heterocycles. The molecular formula is C14H13N5. The average molecular weight is 251 g/mol. The number of fused-ring (bicyclic) bond motifs is 1. The van der Waals surface area contributed by atoms with Crippen LogP contribution in [0.3, 0.4) is 0 Å². The topological polar surface area (TPSA) is 91.4 Å². The molecule has 3 rings (SSSR count). The zero-order valence-corrected chi connectivity index (χ0v) is 10.4. The van der Waals surface area contributed by atoms with Gasteiger partial charge in [-0.3, -0.25) is 10.4 Å². The number of aryl methyl sites for hydroxylation is 1. The number of nitrogens with one attached hydrogen (secondary N) is 2. The van der Waals surface area contributed by atoms with E-state index in [1.165, 1.54) is 0 Å². The molecule has 0 fully saturated rings. The molecule has 0 aliphatic rings. The van der Waals surface area contributed by atoms with Crippen LogP contribution in [0.4, 0.5) is 0 Å². The Morgan fingerprint density at radius 1 is 1.26 bits per heavy atom. The number of benzene rings is 1. The molecule has 0 aliphatic carbocycles. The number of pyridine rings is 1. The Morgan fingerprint density at radius 2 is 2.11 bits per heavy atom. The van der Waals surface area contributed by atoms with Crippen molar-refractivity contribution in [1.82, 2.24) is 15.0 Å². The first-order valence-corrected chi connectivity index (χ1v) is 5.91. The molecule has 0 radical (unpaired) electrons. The maximum absolute atomic E-state index is 7.43. The van der Waals surface area contributed by atoms with Gasteiger partial charge in [0.05, 0.1) is 11.0 Å². The van der Waals surface area contributed by atoms with Crippen molar-refractivity contribution in [1.29, 1.82) is 5.41 Å². The lowest BCUT2D eigenvalue weighted by Gasteiger charge is -1.95. The quantitative estimate of drug-likeness (QED) is 0.481. The summed E-state index contributed by atoms with van der Waals surface area (Å²) in [6.45, 7) is 1.99. The third-order valence-corrected chi connectivity index (χ3v) is 2.95. The number of aromatic nitrogens is 3. The van der Waals surface area contributed by atoms with E-state index in [2.05, 4.69) is 15.0 Å². The molecule has 19 heavy (non-hydrogen) atoms. The van der Waals surface area contributed by atoms with Crippen molar-refractivity contribution in [3.63, 3.8) is 0 Å². The average Bonchev–Trinajstić information content (AvgIpc) is 2.82. The summed E-state index contributed by atoms with van der Waals surface area (Å²) in [4.78, 5) is 12.0. The fourth-order valence-corrected chi connectivity index (χ4v) is 1.90.